The van der Waals surface area contributed by atoms with Crippen LogP contribution in [0.5, 0.6) is 0 Å². The zero-order valence-electron chi connectivity index (χ0n) is 25.5. The number of benzene rings is 5. The number of hydrogen-bond acceptors (Lipinski definition) is 2. The fourth-order valence-corrected chi connectivity index (χ4v) is 7.26. The number of fused-ring (bicyclic) bond motifs is 3. The molecule has 218 valence electrons. The number of nitrogens with zero attached hydrogens (tertiary/aromatic N) is 2. The Labute approximate surface area is 269 Å². The van der Waals surface area contributed by atoms with E-state index in [0.29, 0.717) is 0 Å². The van der Waals surface area contributed by atoms with E-state index in [4.69, 9.17) is 0 Å². The van der Waals surface area contributed by atoms with E-state index in [0.717, 1.165) is 24.2 Å². The van der Waals surface area contributed by atoms with Gasteiger partial charge in [-0.1, -0.05) is 127 Å². The van der Waals surface area contributed by atoms with Gasteiger partial charge >= 0.3 is 0 Å². The van der Waals surface area contributed by atoms with Crippen LogP contribution >= 0.6 is 0 Å². The number of allylic oxidation sites excluding steroid dienone is 9. The average molecular weight is 589 g/mol. The molecule has 0 saturated carbocycles. The van der Waals surface area contributed by atoms with Gasteiger partial charge in [0, 0.05) is 41.5 Å². The molecule has 0 aromatic heterocycles. The monoisotopic (exact) mass is 588 g/mol. The van der Waals surface area contributed by atoms with Gasteiger partial charge in [0.1, 0.15) is 0 Å². The van der Waals surface area contributed by atoms with E-state index in [-0.39, 0.29) is 0 Å². The molecule has 5 aromatic rings. The minimum atomic E-state index is 0.827. The molecule has 2 nitrogen and oxygen atoms in total. The Bertz CT molecular complexity index is 2180. The summed E-state index contributed by atoms with van der Waals surface area (Å²) < 4.78 is 0. The average Bonchev–Trinajstić information content (AvgIpc) is 3.13. The number of rotatable bonds is 5. The summed E-state index contributed by atoms with van der Waals surface area (Å²) in [6.45, 7) is 0. The lowest BCUT2D eigenvalue weighted by molar-refractivity contribution is 0.664. The van der Waals surface area contributed by atoms with E-state index in [1.165, 1.54) is 66.4 Å². The Morgan fingerprint density at radius 2 is 1.15 bits per heavy atom. The molecule has 0 N–H and O–H groups in total. The van der Waals surface area contributed by atoms with Gasteiger partial charge < -0.3 is 9.80 Å². The molecular formula is C44H32N2. The Balaban J connectivity index is 1.23. The molecule has 0 bridgehead atoms. The van der Waals surface area contributed by atoms with E-state index in [1.54, 1.807) is 0 Å². The smallest absolute Gasteiger partial charge is 0.0571 e. The first kappa shape index (κ1) is 26.5. The molecule has 2 aliphatic carbocycles. The summed E-state index contributed by atoms with van der Waals surface area (Å²) in [5.41, 5.74) is 15.1. The van der Waals surface area contributed by atoms with Gasteiger partial charge in [0.25, 0.3) is 0 Å². The normalized spacial score (nSPS) is 16.0. The SMILES string of the molecule is C1=CCC2=CN3C=c4ccccc4=C4CC(N(c5ccc(-c6ccccc6)cc5)c5ccc(-c6ccccc6)cc5)=CC(=C43)C2=C1. The number of anilines is 2. The van der Waals surface area contributed by atoms with Crippen LogP contribution < -0.4 is 15.3 Å². The van der Waals surface area contributed by atoms with Gasteiger partial charge in [0.05, 0.1) is 5.70 Å². The van der Waals surface area contributed by atoms with Crippen molar-refractivity contribution >= 4 is 23.1 Å². The molecule has 9 rings (SSSR count). The second-order valence-electron chi connectivity index (χ2n) is 12.2. The molecule has 0 radical (unpaired) electrons. The van der Waals surface area contributed by atoms with E-state index < -0.39 is 0 Å². The van der Waals surface area contributed by atoms with Crippen LogP contribution in [0.25, 0.3) is 34.0 Å². The Morgan fingerprint density at radius 3 is 1.80 bits per heavy atom. The lowest BCUT2D eigenvalue weighted by atomic mass is 9.80. The highest BCUT2D eigenvalue weighted by Gasteiger charge is 2.33. The zero-order valence-corrected chi connectivity index (χ0v) is 25.5. The van der Waals surface area contributed by atoms with Crippen molar-refractivity contribution in [1.29, 1.82) is 0 Å². The first-order chi connectivity index (χ1) is 22.8. The van der Waals surface area contributed by atoms with Crippen LogP contribution in [-0.2, 0) is 0 Å². The van der Waals surface area contributed by atoms with Gasteiger partial charge in [0.15, 0.2) is 0 Å². The lowest BCUT2D eigenvalue weighted by Gasteiger charge is -2.39. The van der Waals surface area contributed by atoms with Crippen LogP contribution in [-0.4, -0.2) is 4.90 Å². The Morgan fingerprint density at radius 1 is 0.565 bits per heavy atom. The van der Waals surface area contributed by atoms with Crippen LogP contribution in [0.2, 0.25) is 0 Å². The Kier molecular flexibility index (Phi) is 6.31. The highest BCUT2D eigenvalue weighted by Crippen LogP contribution is 2.46. The molecule has 0 fully saturated rings. The van der Waals surface area contributed by atoms with Gasteiger partial charge in [-0.05, 0) is 86.2 Å². The first-order valence-electron chi connectivity index (χ1n) is 16.0. The van der Waals surface area contributed by atoms with E-state index in [2.05, 4.69) is 180 Å². The first-order valence-corrected chi connectivity index (χ1v) is 16.0. The third-order valence-corrected chi connectivity index (χ3v) is 9.45. The van der Waals surface area contributed by atoms with E-state index in [9.17, 15) is 0 Å². The summed E-state index contributed by atoms with van der Waals surface area (Å²) in [7, 11) is 0. The fraction of sp³-hybridized carbons (Fsp3) is 0.0455. The molecule has 2 heterocycles. The van der Waals surface area contributed by atoms with Crippen molar-refractivity contribution in [2.75, 3.05) is 4.90 Å². The van der Waals surface area contributed by atoms with Crippen molar-refractivity contribution in [3.05, 3.63) is 203 Å². The van der Waals surface area contributed by atoms with Crippen LogP contribution in [0, 0.1) is 0 Å². The van der Waals surface area contributed by atoms with Crippen molar-refractivity contribution in [2.24, 2.45) is 0 Å². The summed E-state index contributed by atoms with van der Waals surface area (Å²) in [5.74, 6) is 0. The maximum Gasteiger partial charge on any atom is 0.0571 e. The summed E-state index contributed by atoms with van der Waals surface area (Å²) in [6, 6.07) is 48.2. The van der Waals surface area contributed by atoms with Crippen molar-refractivity contribution < 1.29 is 0 Å². The third kappa shape index (κ3) is 4.50. The van der Waals surface area contributed by atoms with Gasteiger partial charge in [-0.3, -0.25) is 0 Å². The summed E-state index contributed by atoms with van der Waals surface area (Å²) >= 11 is 0. The predicted octanol–water partition coefficient (Wildman–Crippen LogP) is 9.39. The van der Waals surface area contributed by atoms with Crippen molar-refractivity contribution in [3.8, 4) is 22.3 Å². The largest absolute Gasteiger partial charge is 0.322 e. The van der Waals surface area contributed by atoms with E-state index >= 15 is 0 Å². The molecule has 0 amide bonds. The molecule has 2 heteroatoms. The second-order valence-corrected chi connectivity index (χ2v) is 12.2. The van der Waals surface area contributed by atoms with Gasteiger partial charge in [-0.25, -0.2) is 0 Å². The highest BCUT2D eigenvalue weighted by atomic mass is 15.2. The molecule has 4 aliphatic rings. The van der Waals surface area contributed by atoms with Gasteiger partial charge in [0.2, 0.25) is 0 Å². The van der Waals surface area contributed by atoms with E-state index in [1.807, 2.05) is 0 Å². The maximum atomic E-state index is 2.46. The molecule has 0 atom stereocenters. The molecule has 0 unspecified atom stereocenters. The predicted molar refractivity (Wildman–Crippen MR) is 191 cm³/mol. The second kappa shape index (κ2) is 10.9. The summed E-state index contributed by atoms with van der Waals surface area (Å²) in [4.78, 5) is 4.84. The van der Waals surface area contributed by atoms with Crippen LogP contribution in [0.3, 0.4) is 0 Å². The third-order valence-electron chi connectivity index (χ3n) is 9.45. The fourth-order valence-electron chi connectivity index (χ4n) is 7.26. The molecule has 2 aliphatic heterocycles. The molecule has 5 aromatic carbocycles. The summed E-state index contributed by atoms with van der Waals surface area (Å²) in [6.07, 6.45) is 15.6. The van der Waals surface area contributed by atoms with Crippen LogP contribution in [0.15, 0.2) is 192 Å². The van der Waals surface area contributed by atoms with Crippen molar-refractivity contribution in [2.45, 2.75) is 12.8 Å². The zero-order chi connectivity index (χ0) is 30.5. The topological polar surface area (TPSA) is 6.48 Å². The van der Waals surface area contributed by atoms with Gasteiger partial charge in [-0.2, -0.15) is 0 Å². The molecular weight excluding hydrogens is 556 g/mol. The standard InChI is InChI=1S/C44H32N2/c1-3-11-31(12-4-1)33-19-23-37(24-20-33)46(38-25-21-34(22-26-38)32-13-5-2-6-14-32)39-27-42-40-17-9-7-15-35(40)29-45-30-36-16-8-10-18-41(36)43(28-39)44(42)45/h1-15,17-26,28-30H,16,27H2. The molecule has 0 spiro atoms. The summed E-state index contributed by atoms with van der Waals surface area (Å²) in [5, 5.41) is 2.59. The van der Waals surface area contributed by atoms with Crippen molar-refractivity contribution in [3.63, 3.8) is 0 Å². The maximum absolute atomic E-state index is 2.46. The minimum absolute atomic E-state index is 0.827. The Hall–Kier alpha value is -5.86. The number of hydrogen-bond donors (Lipinski definition) is 0. The van der Waals surface area contributed by atoms with Crippen molar-refractivity contribution in [1.82, 2.24) is 4.90 Å². The lowest BCUT2D eigenvalue weighted by Crippen LogP contribution is -2.39. The van der Waals surface area contributed by atoms with Gasteiger partial charge in [-0.15, -0.1) is 0 Å². The molecule has 46 heavy (non-hydrogen) atoms. The molecule has 0 saturated heterocycles. The minimum Gasteiger partial charge on any atom is -0.322 e. The quantitative estimate of drug-likeness (QED) is 0.202. The van der Waals surface area contributed by atoms with Crippen LogP contribution in [0.1, 0.15) is 12.8 Å². The van der Waals surface area contributed by atoms with Crippen LogP contribution in [0.4, 0.5) is 11.4 Å². The highest BCUT2D eigenvalue weighted by molar-refractivity contribution is 5.84.